The SMILES string of the molecule is CC(C)(C)OC(=O)N1CC(C(=O)CN)C1.CC(C)(C)OC(=O)N1CC(C(=O)CNC(=O)[C@@H]2CC[C@@H]3CN2C(=O)N3OCc2ccccc2)C1.O=C(O)[C@@H]1CC[C@@H]2CN1C(=O)N2OCc1ccccc1. The summed E-state index contributed by atoms with van der Waals surface area (Å²) in [6.45, 7) is 13.6. The number of hydrogen-bond donors (Lipinski definition) is 3. The van der Waals surface area contributed by atoms with Gasteiger partial charge in [-0.1, -0.05) is 60.7 Å². The van der Waals surface area contributed by atoms with E-state index in [-0.39, 0.29) is 92.3 Å². The van der Waals surface area contributed by atoms with E-state index in [2.05, 4.69) is 5.32 Å². The van der Waals surface area contributed by atoms with Crippen molar-refractivity contribution in [2.45, 2.75) is 116 Å². The zero-order valence-electron chi connectivity index (χ0n) is 40.2. The summed E-state index contributed by atoms with van der Waals surface area (Å²) < 4.78 is 10.4. The molecule has 4 bridgehead atoms. The van der Waals surface area contributed by atoms with Crippen molar-refractivity contribution in [2.24, 2.45) is 17.6 Å². The number of hydroxylamine groups is 4. The van der Waals surface area contributed by atoms with Gasteiger partial charge >= 0.3 is 30.2 Å². The summed E-state index contributed by atoms with van der Waals surface area (Å²) in [5.74, 6) is -1.83. The first-order valence-corrected chi connectivity index (χ1v) is 23.4. The van der Waals surface area contributed by atoms with E-state index in [0.717, 1.165) is 11.1 Å². The molecule has 8 rings (SSSR count). The third kappa shape index (κ3) is 13.7. The molecule has 0 aromatic heterocycles. The summed E-state index contributed by atoms with van der Waals surface area (Å²) >= 11 is 0. The number of carboxylic acids is 1. The molecule has 2 aromatic carbocycles. The number of hydrogen-bond acceptors (Lipinski definition) is 13. The molecular weight excluding hydrogens is 897 g/mol. The number of nitrogens with zero attached hydrogens (tertiary/aromatic N) is 6. The molecule has 21 heteroatoms. The number of carbonyl (C=O) groups is 8. The Hall–Kier alpha value is -6.32. The maximum Gasteiger partial charge on any atom is 0.410 e. The summed E-state index contributed by atoms with van der Waals surface area (Å²) in [7, 11) is 0. The van der Waals surface area contributed by atoms with E-state index in [9.17, 15) is 38.4 Å². The molecule has 4 N–H and O–H groups in total. The van der Waals surface area contributed by atoms with Gasteiger partial charge in [-0.05, 0) is 78.4 Å². The fraction of sp³-hybridized carbons (Fsp3) is 0.583. The number of Topliss-reactive ketones (excluding diaryl/α,β-unsaturated/α-hetero) is 2. The highest BCUT2D eigenvalue weighted by Crippen LogP contribution is 2.32. The minimum Gasteiger partial charge on any atom is -0.480 e. The minimum atomic E-state index is -0.943. The molecule has 2 aromatic rings. The Morgan fingerprint density at radius 3 is 1.42 bits per heavy atom. The zero-order chi connectivity index (χ0) is 50.2. The number of fused-ring (bicyclic) bond motifs is 4. The van der Waals surface area contributed by atoms with E-state index in [1.165, 1.54) is 29.7 Å². The number of nitrogens with one attached hydrogen (secondary N) is 1. The monoisotopic (exact) mass is 962 g/mol. The van der Waals surface area contributed by atoms with Crippen LogP contribution in [0.2, 0.25) is 0 Å². The van der Waals surface area contributed by atoms with Crippen molar-refractivity contribution in [2.75, 3.05) is 52.4 Å². The fourth-order valence-electron chi connectivity index (χ4n) is 8.48. The highest BCUT2D eigenvalue weighted by molar-refractivity contribution is 5.93. The van der Waals surface area contributed by atoms with Crippen molar-refractivity contribution >= 4 is 47.7 Å². The van der Waals surface area contributed by atoms with E-state index in [0.29, 0.717) is 58.5 Å². The van der Waals surface area contributed by atoms with Crippen LogP contribution in [0, 0.1) is 11.8 Å². The molecule has 376 valence electrons. The third-order valence-corrected chi connectivity index (χ3v) is 12.3. The van der Waals surface area contributed by atoms with Gasteiger partial charge in [-0.3, -0.25) is 24.1 Å². The van der Waals surface area contributed by atoms with Gasteiger partial charge in [-0.15, -0.1) is 0 Å². The molecule has 0 saturated carbocycles. The van der Waals surface area contributed by atoms with Crippen LogP contribution >= 0.6 is 0 Å². The molecule has 0 spiro atoms. The van der Waals surface area contributed by atoms with Crippen molar-refractivity contribution in [1.29, 1.82) is 0 Å². The summed E-state index contributed by atoms with van der Waals surface area (Å²) in [6.07, 6.45) is 1.51. The van der Waals surface area contributed by atoms with Crippen molar-refractivity contribution < 1.29 is 62.6 Å². The normalized spacial score (nSPS) is 22.1. The topological polar surface area (TPSA) is 251 Å². The van der Waals surface area contributed by atoms with E-state index < -0.39 is 35.3 Å². The van der Waals surface area contributed by atoms with Crippen LogP contribution in [0.25, 0.3) is 0 Å². The second-order valence-corrected chi connectivity index (χ2v) is 19.9. The average molecular weight is 963 g/mol. The van der Waals surface area contributed by atoms with Crippen LogP contribution < -0.4 is 11.1 Å². The molecule has 0 radical (unpaired) electrons. The van der Waals surface area contributed by atoms with Crippen LogP contribution in [0.3, 0.4) is 0 Å². The lowest BCUT2D eigenvalue weighted by Gasteiger charge is -2.39. The van der Waals surface area contributed by atoms with Gasteiger partial charge in [0, 0.05) is 39.3 Å². The molecule has 6 fully saturated rings. The quantitative estimate of drug-likeness (QED) is 0.259. The molecule has 6 aliphatic rings. The summed E-state index contributed by atoms with van der Waals surface area (Å²) in [5.41, 5.74) is 6.08. The average Bonchev–Trinajstić information content (AvgIpc) is 3.64. The first-order valence-electron chi connectivity index (χ1n) is 23.4. The van der Waals surface area contributed by atoms with Gasteiger partial charge < -0.3 is 45.2 Å². The van der Waals surface area contributed by atoms with Gasteiger partial charge in [0.05, 0.1) is 37.0 Å². The smallest absolute Gasteiger partial charge is 0.410 e. The third-order valence-electron chi connectivity index (χ3n) is 12.3. The van der Waals surface area contributed by atoms with E-state index in [4.69, 9.17) is 30.0 Å². The molecular formula is C48H66N8O13. The van der Waals surface area contributed by atoms with Crippen LogP contribution in [0.4, 0.5) is 19.2 Å². The number of nitrogens with two attached hydrogens (primary N) is 1. The maximum absolute atomic E-state index is 12.9. The maximum atomic E-state index is 12.9. The van der Waals surface area contributed by atoms with E-state index in [1.807, 2.05) is 81.4 Å². The lowest BCUT2D eigenvalue weighted by Crippen LogP contribution is -2.56. The first-order chi connectivity index (χ1) is 32.6. The Kier molecular flexibility index (Phi) is 16.9. The number of rotatable bonds is 13. The molecule has 6 saturated heterocycles. The van der Waals surface area contributed by atoms with Crippen LogP contribution in [-0.4, -0.2) is 170 Å². The fourth-order valence-corrected chi connectivity index (χ4v) is 8.48. The molecule has 6 aliphatic heterocycles. The standard InChI is InChI=1S/C24H32N4O6.C14H16N2O4.C10H18N2O3/c1-24(2,3)34-23(32)26-12-17(13-26)20(29)11-25-21(30)19-10-9-18-14-27(19)22(31)28(18)33-15-16-7-5-4-6-8-16;17-13(18)12-7-6-11-8-15(12)14(19)16(11)20-9-10-4-2-1-3-5-10;1-10(2,3)15-9(14)12-5-7(6-12)8(13)4-11/h4-8,17-19H,9-15H2,1-3H3,(H,25,30);1-5,11-12H,6-9H2,(H,17,18);7H,4-6,11H2,1-3H3/t18-,19+;11-,12+;/m11./s1. The molecule has 0 unspecified atom stereocenters. The van der Waals surface area contributed by atoms with E-state index >= 15 is 0 Å². The predicted octanol–water partition coefficient (Wildman–Crippen LogP) is 3.79. The number of ether oxygens (including phenoxy) is 2. The predicted molar refractivity (Wildman–Crippen MR) is 246 cm³/mol. The van der Waals surface area contributed by atoms with Crippen LogP contribution in [-0.2, 0) is 51.5 Å². The van der Waals surface area contributed by atoms with Crippen LogP contribution in [0.5, 0.6) is 0 Å². The van der Waals surface area contributed by atoms with Gasteiger partial charge in [-0.25, -0.2) is 24.0 Å². The largest absolute Gasteiger partial charge is 0.480 e. The number of carbonyl (C=O) groups excluding carboxylic acids is 7. The Morgan fingerprint density at radius 1 is 0.609 bits per heavy atom. The Labute approximate surface area is 402 Å². The lowest BCUT2D eigenvalue weighted by molar-refractivity contribution is -0.143. The molecule has 0 aliphatic carbocycles. The number of piperidine rings is 2. The van der Waals surface area contributed by atoms with Crippen LogP contribution in [0.1, 0.15) is 78.4 Å². The second kappa shape index (κ2) is 22.4. The number of ketones is 2. The second-order valence-electron chi connectivity index (χ2n) is 19.9. The highest BCUT2D eigenvalue weighted by atomic mass is 16.7. The minimum absolute atomic E-state index is 0.00908. The van der Waals surface area contributed by atoms with Crippen molar-refractivity contribution in [3.05, 3.63) is 71.8 Å². The zero-order valence-corrected chi connectivity index (χ0v) is 40.2. The van der Waals surface area contributed by atoms with Gasteiger partial charge in [-0.2, -0.15) is 10.1 Å². The van der Waals surface area contributed by atoms with Crippen molar-refractivity contribution in [3.63, 3.8) is 0 Å². The number of likely N-dealkylation sites (tertiary alicyclic amines) is 2. The van der Waals surface area contributed by atoms with Gasteiger partial charge in [0.2, 0.25) is 5.91 Å². The Morgan fingerprint density at radius 2 is 1.01 bits per heavy atom. The Bertz CT molecular complexity index is 2170. The summed E-state index contributed by atoms with van der Waals surface area (Å²) in [4.78, 5) is 113. The van der Waals surface area contributed by atoms with Crippen LogP contribution in [0.15, 0.2) is 60.7 Å². The molecule has 7 amide bonds. The van der Waals surface area contributed by atoms with Gasteiger partial charge in [0.1, 0.15) is 36.5 Å². The lowest BCUT2D eigenvalue weighted by atomic mass is 9.95. The number of benzene rings is 2. The summed E-state index contributed by atoms with van der Waals surface area (Å²) in [5, 5.41) is 14.5. The molecule has 4 atom stereocenters. The van der Waals surface area contributed by atoms with E-state index in [1.54, 1.807) is 20.8 Å². The van der Waals surface area contributed by atoms with Gasteiger partial charge in [0.25, 0.3) is 0 Å². The number of amides is 7. The number of carboxylic acid groups (broad SMARTS) is 1. The number of urea groups is 2. The highest BCUT2D eigenvalue weighted by Gasteiger charge is 2.49. The molecule has 69 heavy (non-hydrogen) atoms. The van der Waals surface area contributed by atoms with Crippen molar-refractivity contribution in [3.8, 4) is 0 Å². The van der Waals surface area contributed by atoms with Crippen molar-refractivity contribution in [1.82, 2.24) is 35.0 Å². The first kappa shape index (κ1) is 52.1. The Balaban J connectivity index is 0.000000189. The molecule has 21 nitrogen and oxygen atoms in total. The number of aliphatic carboxylic acids is 1. The van der Waals surface area contributed by atoms with Gasteiger partial charge in [0.15, 0.2) is 11.6 Å². The summed E-state index contributed by atoms with van der Waals surface area (Å²) in [6, 6.07) is 17.0. The molecule has 6 heterocycles.